The Balaban J connectivity index is 2.53. The minimum Gasteiger partial charge on any atom is -0.496 e. The zero-order valence-corrected chi connectivity index (χ0v) is 14.5. The van der Waals surface area contributed by atoms with E-state index in [1.54, 1.807) is 18.4 Å². The summed E-state index contributed by atoms with van der Waals surface area (Å²) < 4.78 is 6.33. The molecule has 1 unspecified atom stereocenters. The van der Waals surface area contributed by atoms with E-state index in [4.69, 9.17) is 22.1 Å². The fourth-order valence-electron chi connectivity index (χ4n) is 2.39. The molecule has 0 saturated heterocycles. The third-order valence-corrected chi connectivity index (χ3v) is 4.99. The molecule has 0 aliphatic carbocycles. The SMILES string of the molecule is COc1ccc(C(C)(C)C)cc1C(CN)c1ccc(Cl)s1. The maximum atomic E-state index is 6.07. The third kappa shape index (κ3) is 3.60. The molecule has 1 heterocycles. The maximum Gasteiger partial charge on any atom is 0.122 e. The van der Waals surface area contributed by atoms with Crippen LogP contribution in [0, 0.1) is 0 Å². The molecule has 2 nitrogen and oxygen atoms in total. The third-order valence-electron chi connectivity index (χ3n) is 3.64. The summed E-state index contributed by atoms with van der Waals surface area (Å²) in [6, 6.07) is 10.3. The molecule has 1 atom stereocenters. The lowest BCUT2D eigenvalue weighted by atomic mass is 9.84. The van der Waals surface area contributed by atoms with Gasteiger partial charge >= 0.3 is 0 Å². The van der Waals surface area contributed by atoms with Gasteiger partial charge < -0.3 is 10.5 Å². The van der Waals surface area contributed by atoms with Crippen LogP contribution in [0.1, 0.15) is 42.7 Å². The summed E-state index contributed by atoms with van der Waals surface area (Å²) in [4.78, 5) is 1.17. The lowest BCUT2D eigenvalue weighted by Gasteiger charge is -2.24. The lowest BCUT2D eigenvalue weighted by Crippen LogP contribution is -2.16. The standard InChI is InChI=1S/C17H22ClNOS/c1-17(2,3)11-5-6-14(20-4)12(9-11)13(10-19)15-7-8-16(18)21-15/h5-9,13H,10,19H2,1-4H3. The second-order valence-electron chi connectivity index (χ2n) is 6.14. The normalized spacial score (nSPS) is 13.2. The van der Waals surface area contributed by atoms with Crippen LogP contribution in [0.2, 0.25) is 4.34 Å². The van der Waals surface area contributed by atoms with E-state index >= 15 is 0 Å². The van der Waals surface area contributed by atoms with Crippen molar-refractivity contribution in [3.05, 3.63) is 50.7 Å². The summed E-state index contributed by atoms with van der Waals surface area (Å²) in [7, 11) is 1.70. The Morgan fingerprint density at radius 3 is 2.43 bits per heavy atom. The first-order chi connectivity index (χ1) is 9.86. The van der Waals surface area contributed by atoms with E-state index in [1.165, 1.54) is 10.4 Å². The van der Waals surface area contributed by atoms with Crippen molar-refractivity contribution in [2.45, 2.75) is 32.1 Å². The minimum absolute atomic E-state index is 0.0905. The molecular formula is C17H22ClNOS. The van der Waals surface area contributed by atoms with E-state index < -0.39 is 0 Å². The van der Waals surface area contributed by atoms with Gasteiger partial charge in [0, 0.05) is 22.9 Å². The molecule has 0 radical (unpaired) electrons. The van der Waals surface area contributed by atoms with Crippen molar-refractivity contribution < 1.29 is 4.74 Å². The van der Waals surface area contributed by atoms with E-state index in [0.29, 0.717) is 6.54 Å². The van der Waals surface area contributed by atoms with Crippen molar-refractivity contribution >= 4 is 22.9 Å². The van der Waals surface area contributed by atoms with Crippen LogP contribution < -0.4 is 10.5 Å². The maximum absolute atomic E-state index is 6.07. The summed E-state index contributed by atoms with van der Waals surface area (Å²) in [5.74, 6) is 0.989. The minimum atomic E-state index is 0.0905. The van der Waals surface area contributed by atoms with Crippen molar-refractivity contribution in [2.24, 2.45) is 5.73 Å². The van der Waals surface area contributed by atoms with Crippen molar-refractivity contribution in [1.82, 2.24) is 0 Å². The number of ether oxygens (including phenoxy) is 1. The number of methoxy groups -OCH3 is 1. The summed E-state index contributed by atoms with van der Waals surface area (Å²) in [6.07, 6.45) is 0. The topological polar surface area (TPSA) is 35.2 Å². The predicted molar refractivity (Wildman–Crippen MR) is 91.9 cm³/mol. The van der Waals surface area contributed by atoms with Gasteiger partial charge in [0.2, 0.25) is 0 Å². The van der Waals surface area contributed by atoms with Gasteiger partial charge in [-0.25, -0.2) is 0 Å². The molecule has 0 spiro atoms. The number of hydrogen-bond donors (Lipinski definition) is 1. The second kappa shape index (κ2) is 6.39. The van der Waals surface area contributed by atoms with Gasteiger partial charge in [-0.1, -0.05) is 44.5 Å². The molecule has 2 rings (SSSR count). The van der Waals surface area contributed by atoms with Crippen LogP contribution in [0.25, 0.3) is 0 Å². The first kappa shape index (κ1) is 16.3. The van der Waals surface area contributed by atoms with Crippen molar-refractivity contribution in [1.29, 1.82) is 0 Å². The Bertz CT molecular complexity index is 615. The average molecular weight is 324 g/mol. The highest BCUT2D eigenvalue weighted by molar-refractivity contribution is 7.16. The zero-order valence-electron chi connectivity index (χ0n) is 12.9. The largest absolute Gasteiger partial charge is 0.496 e. The highest BCUT2D eigenvalue weighted by Gasteiger charge is 2.22. The highest BCUT2D eigenvalue weighted by atomic mass is 35.5. The van der Waals surface area contributed by atoms with Crippen LogP contribution in [0.4, 0.5) is 0 Å². The number of nitrogens with two attached hydrogens (primary N) is 1. The van der Waals surface area contributed by atoms with Crippen LogP contribution in [-0.4, -0.2) is 13.7 Å². The number of benzene rings is 1. The number of hydrogen-bond acceptors (Lipinski definition) is 3. The molecular weight excluding hydrogens is 302 g/mol. The quantitative estimate of drug-likeness (QED) is 0.877. The van der Waals surface area contributed by atoms with Gasteiger partial charge in [-0.15, -0.1) is 11.3 Å². The smallest absolute Gasteiger partial charge is 0.122 e. The van der Waals surface area contributed by atoms with Gasteiger partial charge in [-0.3, -0.25) is 0 Å². The second-order valence-corrected chi connectivity index (χ2v) is 7.88. The summed E-state index contributed by atoms with van der Waals surface area (Å²) in [5, 5.41) is 0. The van der Waals surface area contributed by atoms with Gasteiger partial charge in [0.05, 0.1) is 11.4 Å². The molecule has 114 valence electrons. The first-order valence-corrected chi connectivity index (χ1v) is 8.20. The molecule has 1 aromatic carbocycles. The number of halogens is 1. The molecule has 21 heavy (non-hydrogen) atoms. The van der Waals surface area contributed by atoms with Crippen LogP contribution in [0.3, 0.4) is 0 Å². The Hall–Kier alpha value is -1.03. The first-order valence-electron chi connectivity index (χ1n) is 7.00. The molecule has 4 heteroatoms. The summed E-state index contributed by atoms with van der Waals surface area (Å²) in [6.45, 7) is 7.15. The zero-order chi connectivity index (χ0) is 15.6. The fourth-order valence-corrected chi connectivity index (χ4v) is 3.58. The van der Waals surface area contributed by atoms with E-state index in [0.717, 1.165) is 15.6 Å². The van der Waals surface area contributed by atoms with Crippen molar-refractivity contribution in [3.63, 3.8) is 0 Å². The average Bonchev–Trinajstić information content (AvgIpc) is 2.85. The molecule has 1 aromatic heterocycles. The van der Waals surface area contributed by atoms with Gasteiger partial charge in [0.1, 0.15) is 5.75 Å². The lowest BCUT2D eigenvalue weighted by molar-refractivity contribution is 0.407. The van der Waals surface area contributed by atoms with Crippen LogP contribution in [0.15, 0.2) is 30.3 Å². The molecule has 0 amide bonds. The Labute approximate surface area is 135 Å². The van der Waals surface area contributed by atoms with Crippen molar-refractivity contribution in [2.75, 3.05) is 13.7 Å². The van der Waals surface area contributed by atoms with Crippen LogP contribution >= 0.6 is 22.9 Å². The Kier molecular flexibility index (Phi) is 4.97. The molecule has 0 fully saturated rings. The van der Waals surface area contributed by atoms with E-state index in [2.05, 4.69) is 32.9 Å². The van der Waals surface area contributed by atoms with Crippen LogP contribution in [0.5, 0.6) is 5.75 Å². The monoisotopic (exact) mass is 323 g/mol. The summed E-state index contributed by atoms with van der Waals surface area (Å²) in [5.41, 5.74) is 8.54. The molecule has 2 N–H and O–H groups in total. The van der Waals surface area contributed by atoms with E-state index in [9.17, 15) is 0 Å². The van der Waals surface area contributed by atoms with Gasteiger partial charge in [0.25, 0.3) is 0 Å². The Morgan fingerprint density at radius 1 is 1.24 bits per heavy atom. The van der Waals surface area contributed by atoms with E-state index in [-0.39, 0.29) is 11.3 Å². The van der Waals surface area contributed by atoms with Crippen molar-refractivity contribution in [3.8, 4) is 5.75 Å². The number of thiophene rings is 1. The fraction of sp³-hybridized carbons (Fsp3) is 0.412. The summed E-state index contributed by atoms with van der Waals surface area (Å²) >= 11 is 7.65. The number of rotatable bonds is 4. The molecule has 2 aromatic rings. The van der Waals surface area contributed by atoms with Gasteiger partial charge in [-0.2, -0.15) is 0 Å². The van der Waals surface area contributed by atoms with Gasteiger partial charge in [0.15, 0.2) is 0 Å². The molecule has 0 aliphatic rings. The molecule has 0 saturated carbocycles. The Morgan fingerprint density at radius 2 is 1.95 bits per heavy atom. The van der Waals surface area contributed by atoms with Gasteiger partial charge in [-0.05, 0) is 29.2 Å². The van der Waals surface area contributed by atoms with Crippen LogP contribution in [-0.2, 0) is 5.41 Å². The highest BCUT2D eigenvalue weighted by Crippen LogP contribution is 2.38. The van der Waals surface area contributed by atoms with E-state index in [1.807, 2.05) is 18.2 Å². The molecule has 0 aliphatic heterocycles. The molecule has 0 bridgehead atoms. The predicted octanol–water partition coefficient (Wildman–Crippen LogP) is 4.80.